The predicted octanol–water partition coefficient (Wildman–Crippen LogP) is 3.92. The van der Waals surface area contributed by atoms with Crippen molar-refractivity contribution in [1.82, 2.24) is 0 Å². The molecule has 2 aliphatic heterocycles. The molecule has 2 saturated heterocycles. The Labute approximate surface area is 301 Å². The number of benzene rings is 2. The van der Waals surface area contributed by atoms with Crippen LogP contribution in [0.4, 0.5) is 0 Å². The first-order chi connectivity index (χ1) is 24.3. The molecule has 0 aliphatic carbocycles. The van der Waals surface area contributed by atoms with Gasteiger partial charge in [-0.15, -0.1) is 0 Å². The van der Waals surface area contributed by atoms with Crippen LogP contribution in [0.3, 0.4) is 0 Å². The van der Waals surface area contributed by atoms with Crippen LogP contribution in [0.15, 0.2) is 91.1 Å². The Bertz CT molecular complexity index is 1460. The van der Waals surface area contributed by atoms with Crippen molar-refractivity contribution in [3.63, 3.8) is 0 Å². The van der Waals surface area contributed by atoms with Crippen LogP contribution in [0.1, 0.15) is 57.3 Å². The Morgan fingerprint density at radius 1 is 0.686 bits per heavy atom. The van der Waals surface area contributed by atoms with Crippen LogP contribution >= 0.6 is 0 Å². The minimum absolute atomic E-state index is 0.00282. The molecule has 4 rings (SSSR count). The lowest BCUT2D eigenvalue weighted by molar-refractivity contribution is -0.140. The van der Waals surface area contributed by atoms with Gasteiger partial charge in [0, 0.05) is 16.7 Å². The van der Waals surface area contributed by atoms with Crippen molar-refractivity contribution in [3.05, 3.63) is 96.6 Å². The number of carbonyl (C=O) groups is 4. The van der Waals surface area contributed by atoms with E-state index in [1.54, 1.807) is 45.0 Å². The molecule has 0 amide bonds. The van der Waals surface area contributed by atoms with Crippen molar-refractivity contribution in [2.24, 2.45) is 0 Å². The average molecular weight is 706 g/mol. The van der Waals surface area contributed by atoms with Gasteiger partial charge in [0.25, 0.3) is 0 Å². The van der Waals surface area contributed by atoms with E-state index >= 15 is 0 Å². The molecule has 2 atom stereocenters. The Morgan fingerprint density at radius 2 is 1.22 bits per heavy atom. The van der Waals surface area contributed by atoms with E-state index in [2.05, 4.69) is 24.5 Å². The van der Waals surface area contributed by atoms with Gasteiger partial charge in [-0.25, -0.2) is 19.2 Å². The van der Waals surface area contributed by atoms with Crippen molar-refractivity contribution in [3.8, 4) is 0 Å². The van der Waals surface area contributed by atoms with E-state index in [9.17, 15) is 19.2 Å². The normalized spacial score (nSPS) is 16.0. The van der Waals surface area contributed by atoms with Gasteiger partial charge in [-0.1, -0.05) is 62.2 Å². The van der Waals surface area contributed by atoms with Crippen LogP contribution in [-0.2, 0) is 51.9 Å². The molecule has 12 nitrogen and oxygen atoms in total. The molecule has 2 fully saturated rings. The first kappa shape index (κ1) is 42.7. The summed E-state index contributed by atoms with van der Waals surface area (Å²) in [6, 6.07) is 16.8. The predicted molar refractivity (Wildman–Crippen MR) is 193 cm³/mol. The maximum Gasteiger partial charge on any atom is 0.494 e. The standard InChI is InChI=1S/C16H19BO6.C16H21BO4.C5H8O2/c1-11(2)15(18)20-8-9-21-16(19)13-4-6-14(7-5-13)17-22-10-12(3)23-17;1-13(2)16(18)19-11-7-6-10-15-12-20-17(21-15)14-8-4-3-5-9-14;1-4(2)5(6)7-3/h4-7,12H,1,8-10H2,2-3H3;3-5,8-9,15H,1,6-7,10-12H2,2H3;1H2,2-3H3. The smallest absolute Gasteiger partial charge is 0.466 e. The summed E-state index contributed by atoms with van der Waals surface area (Å²) in [6.45, 7) is 18.7. The van der Waals surface area contributed by atoms with Gasteiger partial charge in [0.15, 0.2) is 0 Å². The molecule has 0 aromatic heterocycles. The fraction of sp³-hybridized carbons (Fsp3) is 0.405. The summed E-state index contributed by atoms with van der Waals surface area (Å²) >= 11 is 0. The van der Waals surface area contributed by atoms with Gasteiger partial charge in [-0.3, -0.25) is 0 Å². The summed E-state index contributed by atoms with van der Waals surface area (Å²) in [6.07, 6.45) is 2.86. The van der Waals surface area contributed by atoms with Crippen LogP contribution in [0.5, 0.6) is 0 Å². The average Bonchev–Trinajstić information content (AvgIpc) is 3.79. The Kier molecular flexibility index (Phi) is 19.3. The molecule has 51 heavy (non-hydrogen) atoms. The summed E-state index contributed by atoms with van der Waals surface area (Å²) in [4.78, 5) is 44.4. The molecular weight excluding hydrogens is 658 g/mol. The second-order valence-corrected chi connectivity index (χ2v) is 11.8. The van der Waals surface area contributed by atoms with Gasteiger partial charge < -0.3 is 37.6 Å². The van der Waals surface area contributed by atoms with Gasteiger partial charge >= 0.3 is 38.1 Å². The zero-order valence-corrected chi connectivity index (χ0v) is 30.2. The molecular formula is C37H48B2O12. The highest BCUT2D eigenvalue weighted by Crippen LogP contribution is 2.15. The molecule has 0 N–H and O–H groups in total. The molecule has 2 aromatic rings. The minimum Gasteiger partial charge on any atom is -0.466 e. The first-order valence-corrected chi connectivity index (χ1v) is 16.6. The van der Waals surface area contributed by atoms with Crippen molar-refractivity contribution in [2.45, 2.75) is 59.2 Å². The van der Waals surface area contributed by atoms with Crippen LogP contribution in [0.2, 0.25) is 0 Å². The largest absolute Gasteiger partial charge is 0.494 e. The third-order valence-corrected chi connectivity index (χ3v) is 7.01. The lowest BCUT2D eigenvalue weighted by Crippen LogP contribution is -2.32. The Balaban J connectivity index is 0.000000299. The SMILES string of the molecule is C=C(C)C(=O)OC.C=C(C)C(=O)OCCCCC1COB(c2ccccc2)O1.C=C(C)C(=O)OCCOC(=O)c1ccc(B2OCC(C)O2)cc1. The number of unbranched alkanes of at least 4 members (excludes halogenated alkanes) is 1. The molecule has 2 aliphatic rings. The maximum absolute atomic E-state index is 11.9. The highest BCUT2D eigenvalue weighted by Gasteiger charge is 2.32. The maximum atomic E-state index is 11.9. The van der Waals surface area contributed by atoms with Crippen molar-refractivity contribution in [2.75, 3.05) is 40.1 Å². The number of hydrogen-bond acceptors (Lipinski definition) is 12. The van der Waals surface area contributed by atoms with E-state index in [-0.39, 0.29) is 44.5 Å². The molecule has 0 spiro atoms. The quantitative estimate of drug-likeness (QED) is 0.0925. The lowest BCUT2D eigenvalue weighted by Gasteiger charge is -2.09. The minimum atomic E-state index is -0.504. The van der Waals surface area contributed by atoms with E-state index in [0.29, 0.717) is 42.1 Å². The Hall–Kier alpha value is -4.49. The molecule has 0 radical (unpaired) electrons. The zero-order chi connectivity index (χ0) is 37.8. The van der Waals surface area contributed by atoms with E-state index < -0.39 is 19.1 Å². The van der Waals surface area contributed by atoms with Gasteiger partial charge in [-0.05, 0) is 70.0 Å². The molecule has 274 valence electrons. The van der Waals surface area contributed by atoms with E-state index in [4.69, 9.17) is 32.8 Å². The van der Waals surface area contributed by atoms with Crippen molar-refractivity contribution in [1.29, 1.82) is 0 Å². The third-order valence-electron chi connectivity index (χ3n) is 7.01. The second kappa shape index (κ2) is 23.1. The summed E-state index contributed by atoms with van der Waals surface area (Å²) < 4.78 is 41.8. The highest BCUT2D eigenvalue weighted by molar-refractivity contribution is 6.62. The first-order valence-electron chi connectivity index (χ1n) is 16.6. The van der Waals surface area contributed by atoms with E-state index in [1.165, 1.54) is 7.11 Å². The number of hydrogen-bond donors (Lipinski definition) is 0. The number of esters is 4. The van der Waals surface area contributed by atoms with Crippen LogP contribution in [-0.4, -0.2) is 90.5 Å². The summed E-state index contributed by atoms with van der Waals surface area (Å²) in [7, 11) is 0.686. The zero-order valence-electron chi connectivity index (χ0n) is 30.2. The fourth-order valence-corrected chi connectivity index (χ4v) is 4.26. The van der Waals surface area contributed by atoms with Gasteiger partial charge in [0.05, 0.1) is 44.7 Å². The van der Waals surface area contributed by atoms with Crippen LogP contribution < -0.4 is 10.9 Å². The van der Waals surface area contributed by atoms with Crippen molar-refractivity contribution >= 4 is 49.0 Å². The van der Waals surface area contributed by atoms with Crippen LogP contribution in [0, 0.1) is 0 Å². The molecule has 0 saturated carbocycles. The number of rotatable bonds is 14. The third kappa shape index (κ3) is 16.4. The van der Waals surface area contributed by atoms with Crippen LogP contribution in [0.25, 0.3) is 0 Å². The molecule has 0 bridgehead atoms. The summed E-state index contributed by atoms with van der Waals surface area (Å²) in [5.74, 6) is -1.65. The number of ether oxygens (including phenoxy) is 4. The number of carbonyl (C=O) groups excluding carboxylic acids is 4. The topological polar surface area (TPSA) is 142 Å². The molecule has 2 heterocycles. The number of methoxy groups -OCH3 is 1. The highest BCUT2D eigenvalue weighted by atomic mass is 16.6. The second-order valence-electron chi connectivity index (χ2n) is 11.8. The lowest BCUT2D eigenvalue weighted by atomic mass is 9.79. The summed E-state index contributed by atoms with van der Waals surface area (Å²) in [5.41, 5.74) is 3.48. The van der Waals surface area contributed by atoms with E-state index in [1.807, 2.05) is 37.3 Å². The van der Waals surface area contributed by atoms with Crippen molar-refractivity contribution < 1.29 is 56.7 Å². The molecule has 14 heteroatoms. The monoisotopic (exact) mass is 706 g/mol. The van der Waals surface area contributed by atoms with E-state index in [0.717, 1.165) is 30.2 Å². The summed E-state index contributed by atoms with van der Waals surface area (Å²) in [5, 5.41) is 0. The molecule has 2 unspecified atom stereocenters. The van der Waals surface area contributed by atoms with Gasteiger partial charge in [0.1, 0.15) is 13.2 Å². The Morgan fingerprint density at radius 3 is 1.75 bits per heavy atom. The van der Waals surface area contributed by atoms with Gasteiger partial charge in [-0.2, -0.15) is 0 Å². The fourth-order valence-electron chi connectivity index (χ4n) is 4.26. The van der Waals surface area contributed by atoms with Gasteiger partial charge in [0.2, 0.25) is 0 Å². The molecule has 2 aromatic carbocycles.